The Kier molecular flexibility index (Phi) is 6.27. The van der Waals surface area contributed by atoms with Gasteiger partial charge in [-0.05, 0) is 19.9 Å². The third-order valence-corrected chi connectivity index (χ3v) is 1.58. The number of methoxy groups -OCH3 is 1. The number of halogens is 1. The van der Waals surface area contributed by atoms with Gasteiger partial charge in [0.25, 0.3) is 0 Å². The van der Waals surface area contributed by atoms with Gasteiger partial charge in [0, 0.05) is 5.88 Å². The number of carbonyl (C=O) groups is 1. The fourth-order valence-electron chi connectivity index (χ4n) is 0.645. The second kappa shape index (κ2) is 6.43. The highest BCUT2D eigenvalue weighted by atomic mass is 35.5. The van der Waals surface area contributed by atoms with E-state index in [1.54, 1.807) is 6.92 Å². The van der Waals surface area contributed by atoms with Crippen LogP contribution in [0.5, 0.6) is 0 Å². The van der Waals surface area contributed by atoms with Crippen molar-refractivity contribution in [3.05, 3.63) is 0 Å². The van der Waals surface area contributed by atoms with Crippen molar-refractivity contribution in [2.24, 2.45) is 0 Å². The zero-order valence-electron chi connectivity index (χ0n) is 6.89. The van der Waals surface area contributed by atoms with Crippen LogP contribution in [0.3, 0.4) is 0 Å². The molecule has 0 heterocycles. The fraction of sp³-hybridized carbons (Fsp3) is 0.857. The van der Waals surface area contributed by atoms with Crippen LogP contribution >= 0.6 is 11.6 Å². The standard InChI is InChI=1S/C7H14ClNO2/c1-6(7(10)11-2)9-5-3-4-8/h6,9H,3-5H2,1-2H3/t6-/m0/s1. The molecule has 0 radical (unpaired) electrons. The number of hydrogen-bond donors (Lipinski definition) is 1. The molecule has 11 heavy (non-hydrogen) atoms. The topological polar surface area (TPSA) is 38.3 Å². The minimum absolute atomic E-state index is 0.233. The van der Waals surface area contributed by atoms with E-state index < -0.39 is 0 Å². The Morgan fingerprint density at radius 3 is 2.82 bits per heavy atom. The Bertz CT molecular complexity index is 119. The van der Waals surface area contributed by atoms with Gasteiger partial charge in [-0.3, -0.25) is 4.79 Å². The first-order chi connectivity index (χ1) is 5.22. The van der Waals surface area contributed by atoms with Crippen LogP contribution in [0.15, 0.2) is 0 Å². The highest BCUT2D eigenvalue weighted by Gasteiger charge is 2.10. The van der Waals surface area contributed by atoms with Crippen molar-refractivity contribution in [2.45, 2.75) is 19.4 Å². The smallest absolute Gasteiger partial charge is 0.322 e. The number of nitrogens with one attached hydrogen (secondary N) is 1. The number of alkyl halides is 1. The summed E-state index contributed by atoms with van der Waals surface area (Å²) in [6, 6.07) is -0.233. The molecule has 0 unspecified atom stereocenters. The molecule has 0 bridgehead atoms. The van der Waals surface area contributed by atoms with Gasteiger partial charge in [0.1, 0.15) is 6.04 Å². The van der Waals surface area contributed by atoms with Crippen molar-refractivity contribution in [3.8, 4) is 0 Å². The molecule has 0 aliphatic rings. The molecule has 0 aliphatic heterocycles. The molecule has 0 saturated carbocycles. The summed E-state index contributed by atoms with van der Waals surface area (Å²) in [6.07, 6.45) is 0.864. The lowest BCUT2D eigenvalue weighted by Gasteiger charge is -2.09. The Labute approximate surface area is 72.1 Å². The summed E-state index contributed by atoms with van der Waals surface area (Å²) in [5, 5.41) is 2.98. The Balaban J connectivity index is 3.36. The molecule has 0 aromatic heterocycles. The summed E-state index contributed by atoms with van der Waals surface area (Å²) in [5.74, 6) is 0.375. The molecule has 0 amide bonds. The van der Waals surface area contributed by atoms with Crippen molar-refractivity contribution in [1.82, 2.24) is 5.32 Å². The zero-order valence-corrected chi connectivity index (χ0v) is 7.65. The minimum Gasteiger partial charge on any atom is -0.468 e. The third kappa shape index (κ3) is 5.04. The van der Waals surface area contributed by atoms with Crippen LogP contribution < -0.4 is 5.32 Å². The first-order valence-corrected chi connectivity index (χ1v) is 4.13. The molecule has 3 nitrogen and oxygen atoms in total. The molecular weight excluding hydrogens is 166 g/mol. The number of carbonyl (C=O) groups excluding carboxylic acids is 1. The maximum atomic E-state index is 10.8. The van der Waals surface area contributed by atoms with Crippen molar-refractivity contribution < 1.29 is 9.53 Å². The van der Waals surface area contributed by atoms with Gasteiger partial charge >= 0.3 is 5.97 Å². The highest BCUT2D eigenvalue weighted by Crippen LogP contribution is 1.87. The summed E-state index contributed by atoms with van der Waals surface area (Å²) in [4.78, 5) is 10.8. The molecular formula is C7H14ClNO2. The summed E-state index contributed by atoms with van der Waals surface area (Å²) in [5.41, 5.74) is 0. The van der Waals surface area contributed by atoms with E-state index in [-0.39, 0.29) is 12.0 Å². The van der Waals surface area contributed by atoms with E-state index in [0.29, 0.717) is 5.88 Å². The van der Waals surface area contributed by atoms with Crippen molar-refractivity contribution >= 4 is 17.6 Å². The van der Waals surface area contributed by atoms with Crippen LogP contribution in [0.1, 0.15) is 13.3 Å². The maximum absolute atomic E-state index is 10.8. The van der Waals surface area contributed by atoms with Crippen LogP contribution in [0, 0.1) is 0 Å². The van der Waals surface area contributed by atoms with E-state index in [1.807, 2.05) is 0 Å². The van der Waals surface area contributed by atoms with Gasteiger partial charge in [-0.2, -0.15) is 0 Å². The van der Waals surface area contributed by atoms with Gasteiger partial charge < -0.3 is 10.1 Å². The molecule has 0 spiro atoms. The predicted octanol–water partition coefficient (Wildman–Crippen LogP) is 0.766. The third-order valence-electron chi connectivity index (χ3n) is 1.32. The Morgan fingerprint density at radius 2 is 2.36 bits per heavy atom. The van der Waals surface area contributed by atoms with Gasteiger partial charge in [-0.25, -0.2) is 0 Å². The van der Waals surface area contributed by atoms with E-state index in [0.717, 1.165) is 13.0 Å². The largest absolute Gasteiger partial charge is 0.468 e. The Hall–Kier alpha value is -0.280. The second-order valence-corrected chi connectivity index (χ2v) is 2.62. The fourth-order valence-corrected chi connectivity index (χ4v) is 0.779. The number of hydrogen-bond acceptors (Lipinski definition) is 3. The number of esters is 1. The van der Waals surface area contributed by atoms with E-state index in [1.165, 1.54) is 7.11 Å². The first-order valence-electron chi connectivity index (χ1n) is 3.59. The summed E-state index contributed by atoms with van der Waals surface area (Å²) < 4.78 is 4.51. The Morgan fingerprint density at radius 1 is 1.73 bits per heavy atom. The lowest BCUT2D eigenvalue weighted by atomic mass is 10.3. The molecule has 66 valence electrons. The van der Waals surface area contributed by atoms with Gasteiger partial charge in [0.05, 0.1) is 7.11 Å². The SMILES string of the molecule is COC(=O)[C@H](C)NCCCCl. The van der Waals surface area contributed by atoms with Crippen molar-refractivity contribution in [2.75, 3.05) is 19.5 Å². The molecule has 0 saturated heterocycles. The average Bonchev–Trinajstić information content (AvgIpc) is 2.03. The normalized spacial score (nSPS) is 12.6. The van der Waals surface area contributed by atoms with E-state index in [2.05, 4.69) is 10.1 Å². The van der Waals surface area contributed by atoms with Gasteiger partial charge in [0.15, 0.2) is 0 Å². The van der Waals surface area contributed by atoms with Crippen LogP contribution in [-0.4, -0.2) is 31.5 Å². The van der Waals surface area contributed by atoms with Gasteiger partial charge in [0.2, 0.25) is 0 Å². The predicted molar refractivity (Wildman–Crippen MR) is 44.8 cm³/mol. The highest BCUT2D eigenvalue weighted by molar-refractivity contribution is 6.17. The van der Waals surface area contributed by atoms with Crippen LogP contribution in [0.2, 0.25) is 0 Å². The molecule has 0 aromatic rings. The minimum atomic E-state index is -0.237. The summed E-state index contributed by atoms with van der Waals surface area (Å²) in [7, 11) is 1.38. The molecule has 1 N–H and O–H groups in total. The number of rotatable bonds is 5. The lowest BCUT2D eigenvalue weighted by molar-refractivity contribution is -0.142. The molecule has 1 atom stereocenters. The molecule has 0 rings (SSSR count). The van der Waals surface area contributed by atoms with E-state index in [4.69, 9.17) is 11.6 Å². The first kappa shape index (κ1) is 10.7. The second-order valence-electron chi connectivity index (χ2n) is 2.24. The quantitative estimate of drug-likeness (QED) is 0.385. The van der Waals surface area contributed by atoms with Gasteiger partial charge in [-0.15, -0.1) is 11.6 Å². The molecule has 0 aromatic carbocycles. The van der Waals surface area contributed by atoms with Crippen molar-refractivity contribution in [1.29, 1.82) is 0 Å². The van der Waals surface area contributed by atoms with E-state index in [9.17, 15) is 4.79 Å². The summed E-state index contributed by atoms with van der Waals surface area (Å²) in [6.45, 7) is 2.51. The van der Waals surface area contributed by atoms with Crippen LogP contribution in [0.4, 0.5) is 0 Å². The van der Waals surface area contributed by atoms with Crippen LogP contribution in [-0.2, 0) is 9.53 Å². The number of ether oxygens (including phenoxy) is 1. The maximum Gasteiger partial charge on any atom is 0.322 e. The zero-order chi connectivity index (χ0) is 8.69. The average molecular weight is 180 g/mol. The van der Waals surface area contributed by atoms with Crippen LogP contribution in [0.25, 0.3) is 0 Å². The lowest BCUT2D eigenvalue weighted by Crippen LogP contribution is -2.35. The summed E-state index contributed by atoms with van der Waals surface area (Å²) >= 11 is 5.44. The molecule has 0 aliphatic carbocycles. The molecule has 0 fully saturated rings. The van der Waals surface area contributed by atoms with Crippen molar-refractivity contribution in [3.63, 3.8) is 0 Å². The molecule has 4 heteroatoms. The van der Waals surface area contributed by atoms with Gasteiger partial charge in [-0.1, -0.05) is 0 Å². The monoisotopic (exact) mass is 179 g/mol. The van der Waals surface area contributed by atoms with E-state index >= 15 is 0 Å².